The molecule has 2 atom stereocenters. The van der Waals surface area contributed by atoms with Crippen LogP contribution >= 0.6 is 11.6 Å². The average molecular weight is 225 g/mol. The third-order valence-corrected chi connectivity index (χ3v) is 3.47. The van der Waals surface area contributed by atoms with Crippen LogP contribution < -0.4 is 0 Å². The van der Waals surface area contributed by atoms with Gasteiger partial charge in [0.2, 0.25) is 0 Å². The molecule has 15 heavy (non-hydrogen) atoms. The maximum atomic E-state index is 10.2. The average Bonchev–Trinajstić information content (AvgIpc) is 2.76. The fourth-order valence-electron chi connectivity index (χ4n) is 2.30. The second-order valence-corrected chi connectivity index (χ2v) is 5.04. The van der Waals surface area contributed by atoms with E-state index in [9.17, 15) is 5.11 Å². The molecule has 82 valence electrons. The van der Waals surface area contributed by atoms with E-state index in [1.165, 1.54) is 0 Å². The van der Waals surface area contributed by atoms with Crippen molar-refractivity contribution in [3.05, 3.63) is 34.9 Å². The summed E-state index contributed by atoms with van der Waals surface area (Å²) in [5.74, 6) is 0.501. The van der Waals surface area contributed by atoms with Crippen molar-refractivity contribution in [2.24, 2.45) is 5.92 Å². The summed E-state index contributed by atoms with van der Waals surface area (Å²) in [6.07, 6.45) is 3.99. The Hall–Kier alpha value is -0.530. The Morgan fingerprint density at radius 3 is 3.00 bits per heavy atom. The monoisotopic (exact) mass is 224 g/mol. The van der Waals surface area contributed by atoms with E-state index in [1.807, 2.05) is 24.3 Å². The van der Waals surface area contributed by atoms with Crippen molar-refractivity contribution < 1.29 is 5.11 Å². The number of hydrogen-bond donors (Lipinski definition) is 1. The van der Waals surface area contributed by atoms with Crippen LogP contribution in [0.3, 0.4) is 0 Å². The molecule has 0 spiro atoms. The van der Waals surface area contributed by atoms with Gasteiger partial charge < -0.3 is 5.11 Å². The molecule has 1 fully saturated rings. The summed E-state index contributed by atoms with van der Waals surface area (Å²) in [6, 6.07) is 7.79. The lowest BCUT2D eigenvalue weighted by molar-refractivity contribution is 0.129. The first-order valence-electron chi connectivity index (χ1n) is 5.61. The number of rotatable bonds is 4. The minimum absolute atomic E-state index is 0.444. The normalized spacial score (nSPS) is 29.1. The van der Waals surface area contributed by atoms with E-state index >= 15 is 0 Å². The molecule has 0 radical (unpaired) electrons. The summed E-state index contributed by atoms with van der Waals surface area (Å²) in [4.78, 5) is 0. The smallest absolute Gasteiger partial charge is 0.0720 e. The summed E-state index contributed by atoms with van der Waals surface area (Å²) in [7, 11) is 0. The number of aliphatic hydroxyl groups is 1. The quantitative estimate of drug-likeness (QED) is 0.831. The van der Waals surface area contributed by atoms with Gasteiger partial charge >= 0.3 is 0 Å². The number of halogens is 1. The summed E-state index contributed by atoms with van der Waals surface area (Å²) in [6.45, 7) is 2.16. The molecule has 2 rings (SSSR count). The molecule has 0 saturated heterocycles. The minimum Gasteiger partial charge on any atom is -0.389 e. The highest BCUT2D eigenvalue weighted by molar-refractivity contribution is 6.30. The van der Waals surface area contributed by atoms with Gasteiger partial charge in [0, 0.05) is 11.4 Å². The van der Waals surface area contributed by atoms with Crippen molar-refractivity contribution in [3.8, 4) is 0 Å². The second-order valence-electron chi connectivity index (χ2n) is 4.60. The minimum atomic E-state index is -0.444. The first-order chi connectivity index (χ1) is 7.14. The highest BCUT2D eigenvalue weighted by Crippen LogP contribution is 2.48. The summed E-state index contributed by atoms with van der Waals surface area (Å²) in [5.41, 5.74) is 0.698. The van der Waals surface area contributed by atoms with Crippen molar-refractivity contribution in [2.45, 2.75) is 38.2 Å². The van der Waals surface area contributed by atoms with Crippen LogP contribution in [0.15, 0.2) is 24.3 Å². The fourth-order valence-corrected chi connectivity index (χ4v) is 2.52. The second kappa shape index (κ2) is 4.15. The van der Waals surface area contributed by atoms with Crippen LogP contribution in [0.5, 0.6) is 0 Å². The maximum Gasteiger partial charge on any atom is 0.0720 e. The SMILES string of the molecule is CCCC1CC1(O)Cc1cccc(Cl)c1. The van der Waals surface area contributed by atoms with E-state index in [2.05, 4.69) is 6.92 Å². The molecule has 1 N–H and O–H groups in total. The Kier molecular flexibility index (Phi) is 3.03. The zero-order chi connectivity index (χ0) is 10.9. The van der Waals surface area contributed by atoms with Crippen molar-refractivity contribution in [1.82, 2.24) is 0 Å². The lowest BCUT2D eigenvalue weighted by atomic mass is 10.0. The molecule has 0 heterocycles. The third-order valence-electron chi connectivity index (χ3n) is 3.24. The van der Waals surface area contributed by atoms with Gasteiger partial charge in [-0.2, -0.15) is 0 Å². The lowest BCUT2D eigenvalue weighted by Gasteiger charge is -2.10. The fraction of sp³-hybridized carbons (Fsp3) is 0.538. The molecular formula is C13H17ClO. The Labute approximate surface area is 96.1 Å². The van der Waals surface area contributed by atoms with Crippen molar-refractivity contribution in [3.63, 3.8) is 0 Å². The van der Waals surface area contributed by atoms with E-state index in [-0.39, 0.29) is 0 Å². The van der Waals surface area contributed by atoms with Gasteiger partial charge in [0.25, 0.3) is 0 Å². The summed E-state index contributed by atoms with van der Waals surface area (Å²) >= 11 is 5.91. The van der Waals surface area contributed by atoms with Crippen molar-refractivity contribution in [2.75, 3.05) is 0 Å². The van der Waals surface area contributed by atoms with Gasteiger partial charge in [0.1, 0.15) is 0 Å². The van der Waals surface area contributed by atoms with Gasteiger partial charge in [-0.05, 0) is 36.5 Å². The first-order valence-corrected chi connectivity index (χ1v) is 5.98. The van der Waals surface area contributed by atoms with Crippen molar-refractivity contribution in [1.29, 1.82) is 0 Å². The molecule has 1 aliphatic rings. The van der Waals surface area contributed by atoms with Crippen LogP contribution in [0.25, 0.3) is 0 Å². The number of benzene rings is 1. The third kappa shape index (κ3) is 2.53. The molecule has 1 nitrogen and oxygen atoms in total. The first kappa shape index (κ1) is 11.0. The molecule has 0 amide bonds. The standard InChI is InChI=1S/C13H17ClO/c1-2-4-11-9-13(11,15)8-10-5-3-6-12(14)7-10/h3,5-7,11,15H,2,4,8-9H2,1H3. The van der Waals surface area contributed by atoms with E-state index in [1.54, 1.807) is 0 Å². The van der Waals surface area contributed by atoms with Gasteiger partial charge in [-0.25, -0.2) is 0 Å². The van der Waals surface area contributed by atoms with Crippen LogP contribution in [-0.4, -0.2) is 10.7 Å². The van der Waals surface area contributed by atoms with Gasteiger partial charge in [-0.3, -0.25) is 0 Å². The highest BCUT2D eigenvalue weighted by Gasteiger charge is 2.51. The Morgan fingerprint density at radius 1 is 1.53 bits per heavy atom. The highest BCUT2D eigenvalue weighted by atomic mass is 35.5. The Morgan fingerprint density at radius 2 is 2.33 bits per heavy atom. The zero-order valence-corrected chi connectivity index (χ0v) is 9.80. The van der Waals surface area contributed by atoms with Gasteiger partial charge in [-0.15, -0.1) is 0 Å². The molecule has 2 heteroatoms. The molecular weight excluding hydrogens is 208 g/mol. The Bertz CT molecular complexity index is 350. The topological polar surface area (TPSA) is 20.2 Å². The molecule has 1 aromatic carbocycles. The van der Waals surface area contributed by atoms with Gasteiger partial charge in [0.05, 0.1) is 5.60 Å². The van der Waals surface area contributed by atoms with Crippen LogP contribution in [0.2, 0.25) is 5.02 Å². The number of hydrogen-bond acceptors (Lipinski definition) is 1. The van der Waals surface area contributed by atoms with E-state index in [0.717, 1.165) is 36.3 Å². The molecule has 1 aliphatic carbocycles. The summed E-state index contributed by atoms with van der Waals surface area (Å²) < 4.78 is 0. The summed E-state index contributed by atoms with van der Waals surface area (Å²) in [5, 5.41) is 11.0. The molecule has 0 aliphatic heterocycles. The lowest BCUT2D eigenvalue weighted by Crippen LogP contribution is -2.14. The van der Waals surface area contributed by atoms with E-state index in [0.29, 0.717) is 5.92 Å². The molecule has 0 aromatic heterocycles. The predicted octanol–water partition coefficient (Wildman–Crippen LogP) is 3.43. The van der Waals surface area contributed by atoms with Crippen LogP contribution in [-0.2, 0) is 6.42 Å². The van der Waals surface area contributed by atoms with Crippen LogP contribution in [0, 0.1) is 5.92 Å². The van der Waals surface area contributed by atoms with E-state index in [4.69, 9.17) is 11.6 Å². The molecule has 0 bridgehead atoms. The van der Waals surface area contributed by atoms with Crippen LogP contribution in [0.4, 0.5) is 0 Å². The van der Waals surface area contributed by atoms with Crippen LogP contribution in [0.1, 0.15) is 31.7 Å². The molecule has 1 saturated carbocycles. The Balaban J connectivity index is 1.98. The van der Waals surface area contributed by atoms with Gasteiger partial charge in [-0.1, -0.05) is 37.1 Å². The van der Waals surface area contributed by atoms with Gasteiger partial charge in [0.15, 0.2) is 0 Å². The molecule has 2 unspecified atom stereocenters. The predicted molar refractivity (Wildman–Crippen MR) is 63.1 cm³/mol. The molecule has 1 aromatic rings. The van der Waals surface area contributed by atoms with Crippen molar-refractivity contribution >= 4 is 11.6 Å². The maximum absolute atomic E-state index is 10.2. The zero-order valence-electron chi connectivity index (χ0n) is 9.04. The largest absolute Gasteiger partial charge is 0.389 e. The van der Waals surface area contributed by atoms with E-state index < -0.39 is 5.60 Å².